The van der Waals surface area contributed by atoms with E-state index in [0.29, 0.717) is 12.0 Å². The lowest BCUT2D eigenvalue weighted by Crippen LogP contribution is -2.25. The molecule has 0 saturated heterocycles. The number of halogens is 1. The second kappa shape index (κ2) is 4.91. The molecular formula is C15H20BrN3. The minimum Gasteiger partial charge on any atom is -0.327 e. The van der Waals surface area contributed by atoms with Crippen LogP contribution in [0.3, 0.4) is 0 Å². The van der Waals surface area contributed by atoms with Gasteiger partial charge in [0, 0.05) is 22.5 Å². The molecule has 0 radical (unpaired) electrons. The molecule has 1 saturated carbocycles. The zero-order valence-electron chi connectivity index (χ0n) is 11.4. The van der Waals surface area contributed by atoms with Crippen molar-refractivity contribution in [3.05, 3.63) is 28.5 Å². The number of aromatic nitrogens is 2. The lowest BCUT2D eigenvalue weighted by Gasteiger charge is -2.19. The first-order chi connectivity index (χ1) is 9.08. The van der Waals surface area contributed by atoms with Crippen LogP contribution in [-0.4, -0.2) is 15.6 Å². The minimum atomic E-state index is 0.262. The second-order valence-corrected chi connectivity index (χ2v) is 6.68. The van der Waals surface area contributed by atoms with Gasteiger partial charge < -0.3 is 10.3 Å². The quantitative estimate of drug-likeness (QED) is 0.909. The maximum absolute atomic E-state index is 6.27. The molecule has 2 unspecified atom stereocenters. The van der Waals surface area contributed by atoms with E-state index < -0.39 is 0 Å². The Morgan fingerprint density at radius 3 is 2.79 bits per heavy atom. The van der Waals surface area contributed by atoms with E-state index in [1.807, 2.05) is 0 Å². The van der Waals surface area contributed by atoms with E-state index in [9.17, 15) is 0 Å². The van der Waals surface area contributed by atoms with Gasteiger partial charge in [0.05, 0.1) is 11.0 Å². The molecule has 2 aromatic rings. The van der Waals surface area contributed by atoms with Crippen molar-refractivity contribution in [3.8, 4) is 0 Å². The van der Waals surface area contributed by atoms with Crippen molar-refractivity contribution in [3.63, 3.8) is 0 Å². The van der Waals surface area contributed by atoms with E-state index in [2.05, 4.69) is 52.5 Å². The normalized spacial score (nSPS) is 23.6. The third-order valence-corrected chi connectivity index (χ3v) is 4.59. The van der Waals surface area contributed by atoms with Crippen LogP contribution in [0.5, 0.6) is 0 Å². The number of fused-ring (bicyclic) bond motifs is 1. The molecule has 0 amide bonds. The highest BCUT2D eigenvalue weighted by Crippen LogP contribution is 2.36. The van der Waals surface area contributed by atoms with Crippen molar-refractivity contribution in [2.75, 3.05) is 0 Å². The summed E-state index contributed by atoms with van der Waals surface area (Å²) in [7, 11) is 0. The highest BCUT2D eigenvalue weighted by atomic mass is 79.9. The molecule has 1 heterocycles. The average Bonchev–Trinajstić information content (AvgIpc) is 2.91. The van der Waals surface area contributed by atoms with Gasteiger partial charge in [-0.1, -0.05) is 22.4 Å². The zero-order valence-corrected chi connectivity index (χ0v) is 13.0. The van der Waals surface area contributed by atoms with E-state index >= 15 is 0 Å². The van der Waals surface area contributed by atoms with Crippen LogP contribution in [-0.2, 0) is 0 Å². The molecule has 102 valence electrons. The topological polar surface area (TPSA) is 43.8 Å². The van der Waals surface area contributed by atoms with Crippen LogP contribution >= 0.6 is 15.9 Å². The molecular weight excluding hydrogens is 302 g/mol. The monoisotopic (exact) mass is 321 g/mol. The Hall–Kier alpha value is -0.870. The van der Waals surface area contributed by atoms with Gasteiger partial charge in [0.15, 0.2) is 0 Å². The Morgan fingerprint density at radius 2 is 2.16 bits per heavy atom. The summed E-state index contributed by atoms with van der Waals surface area (Å²) in [6.45, 7) is 4.43. The average molecular weight is 322 g/mol. The fourth-order valence-corrected chi connectivity index (χ4v) is 3.55. The number of rotatable bonds is 2. The van der Waals surface area contributed by atoms with Gasteiger partial charge in [-0.25, -0.2) is 4.98 Å². The molecule has 4 heteroatoms. The molecule has 1 aliphatic carbocycles. The highest BCUT2D eigenvalue weighted by Gasteiger charge is 2.30. The smallest absolute Gasteiger partial charge is 0.114 e. The SMILES string of the molecule is CC(C)n1c(C2CCCC2N)nc2cc(Br)ccc21. The molecule has 2 atom stereocenters. The fraction of sp³-hybridized carbons (Fsp3) is 0.533. The number of nitrogens with two attached hydrogens (primary N) is 1. The van der Waals surface area contributed by atoms with E-state index in [1.54, 1.807) is 0 Å². The van der Waals surface area contributed by atoms with Crippen LogP contribution in [0.4, 0.5) is 0 Å². The first-order valence-corrected chi connectivity index (χ1v) is 7.80. The van der Waals surface area contributed by atoms with Crippen molar-refractivity contribution in [1.82, 2.24) is 9.55 Å². The summed E-state index contributed by atoms with van der Waals surface area (Å²) in [5, 5.41) is 0. The maximum atomic E-state index is 6.27. The van der Waals surface area contributed by atoms with Gasteiger partial charge in [0.25, 0.3) is 0 Å². The Labute approximate surface area is 122 Å². The van der Waals surface area contributed by atoms with Gasteiger partial charge in [0.2, 0.25) is 0 Å². The van der Waals surface area contributed by atoms with E-state index in [1.165, 1.54) is 24.2 Å². The predicted molar refractivity (Wildman–Crippen MR) is 82.4 cm³/mol. The number of hydrogen-bond donors (Lipinski definition) is 1. The maximum Gasteiger partial charge on any atom is 0.114 e. The summed E-state index contributed by atoms with van der Waals surface area (Å²) in [6.07, 6.45) is 3.50. The number of benzene rings is 1. The standard InChI is InChI=1S/C15H20BrN3/c1-9(2)19-14-7-6-10(16)8-13(14)18-15(19)11-4-3-5-12(11)17/h6-9,11-12H,3-5,17H2,1-2H3. The van der Waals surface area contributed by atoms with Gasteiger partial charge in [0.1, 0.15) is 5.82 Å². The molecule has 3 nitrogen and oxygen atoms in total. The molecule has 19 heavy (non-hydrogen) atoms. The molecule has 1 aromatic heterocycles. The van der Waals surface area contributed by atoms with E-state index in [-0.39, 0.29) is 6.04 Å². The minimum absolute atomic E-state index is 0.262. The molecule has 1 aliphatic rings. The van der Waals surface area contributed by atoms with E-state index in [4.69, 9.17) is 10.7 Å². The van der Waals surface area contributed by atoms with Gasteiger partial charge in [-0.15, -0.1) is 0 Å². The first-order valence-electron chi connectivity index (χ1n) is 7.01. The van der Waals surface area contributed by atoms with Gasteiger partial charge in [-0.2, -0.15) is 0 Å². The predicted octanol–water partition coefficient (Wildman–Crippen LogP) is 3.97. The summed E-state index contributed by atoms with van der Waals surface area (Å²) >= 11 is 3.52. The van der Waals surface area contributed by atoms with Crippen molar-refractivity contribution in [2.24, 2.45) is 5.73 Å². The highest BCUT2D eigenvalue weighted by molar-refractivity contribution is 9.10. The Bertz CT molecular complexity index is 603. The van der Waals surface area contributed by atoms with Crippen molar-refractivity contribution in [1.29, 1.82) is 0 Å². The van der Waals surface area contributed by atoms with Crippen molar-refractivity contribution >= 4 is 27.0 Å². The third kappa shape index (κ3) is 2.21. The zero-order chi connectivity index (χ0) is 13.6. The lowest BCUT2D eigenvalue weighted by molar-refractivity contribution is 0.510. The molecule has 2 N–H and O–H groups in total. The van der Waals surface area contributed by atoms with Gasteiger partial charge >= 0.3 is 0 Å². The molecule has 0 bridgehead atoms. The first kappa shape index (κ1) is 13.1. The molecule has 1 aromatic carbocycles. The summed E-state index contributed by atoms with van der Waals surface area (Å²) in [6, 6.07) is 7.00. The van der Waals surface area contributed by atoms with Crippen LogP contribution in [0.15, 0.2) is 22.7 Å². The molecule has 1 fully saturated rings. The van der Waals surface area contributed by atoms with E-state index in [0.717, 1.165) is 16.4 Å². The molecule has 0 spiro atoms. The summed E-state index contributed by atoms with van der Waals surface area (Å²) in [4.78, 5) is 4.88. The van der Waals surface area contributed by atoms with Crippen molar-refractivity contribution in [2.45, 2.75) is 51.1 Å². The molecule has 0 aliphatic heterocycles. The summed E-state index contributed by atoms with van der Waals surface area (Å²) in [5.41, 5.74) is 8.55. The van der Waals surface area contributed by atoms with Crippen LogP contribution in [0.1, 0.15) is 50.9 Å². The van der Waals surface area contributed by atoms with Crippen LogP contribution in [0.25, 0.3) is 11.0 Å². The Morgan fingerprint density at radius 1 is 1.37 bits per heavy atom. The van der Waals surface area contributed by atoms with Crippen LogP contribution < -0.4 is 5.73 Å². The van der Waals surface area contributed by atoms with Crippen molar-refractivity contribution < 1.29 is 0 Å². The number of imidazole rings is 1. The Balaban J connectivity index is 2.19. The fourth-order valence-electron chi connectivity index (χ4n) is 3.20. The third-order valence-electron chi connectivity index (χ3n) is 4.10. The van der Waals surface area contributed by atoms with Gasteiger partial charge in [-0.05, 0) is 44.9 Å². The van der Waals surface area contributed by atoms with Crippen LogP contribution in [0, 0.1) is 0 Å². The molecule has 3 rings (SSSR count). The Kier molecular flexibility index (Phi) is 3.39. The largest absolute Gasteiger partial charge is 0.327 e. The second-order valence-electron chi connectivity index (χ2n) is 5.77. The van der Waals surface area contributed by atoms with Gasteiger partial charge in [-0.3, -0.25) is 0 Å². The lowest BCUT2D eigenvalue weighted by atomic mass is 10.0. The number of hydrogen-bond acceptors (Lipinski definition) is 2. The number of nitrogens with zero attached hydrogens (tertiary/aromatic N) is 2. The summed E-state index contributed by atoms with van der Waals surface area (Å²) < 4.78 is 3.44. The summed E-state index contributed by atoms with van der Waals surface area (Å²) in [5.74, 6) is 1.58. The van der Waals surface area contributed by atoms with Crippen LogP contribution in [0.2, 0.25) is 0 Å².